The van der Waals surface area contributed by atoms with Gasteiger partial charge >= 0.3 is 14.2 Å². The molecule has 0 bridgehead atoms. The summed E-state index contributed by atoms with van der Waals surface area (Å²) in [6, 6.07) is 6.85. The number of carbonyl (C=O) groups excluding carboxylic acids is 1. The Labute approximate surface area is 201 Å². The van der Waals surface area contributed by atoms with Crippen molar-refractivity contribution < 1.29 is 28.9 Å². The van der Waals surface area contributed by atoms with Crippen LogP contribution in [-0.2, 0) is 14.0 Å². The monoisotopic (exact) mass is 469 g/mol. The first-order valence-corrected chi connectivity index (χ1v) is 11.3. The molecule has 2 fully saturated rings. The summed E-state index contributed by atoms with van der Waals surface area (Å²) in [4.78, 5) is 18.6. The molecule has 4 rings (SSSR count). The van der Waals surface area contributed by atoms with Gasteiger partial charge in [0.2, 0.25) is 0 Å². The van der Waals surface area contributed by atoms with Crippen LogP contribution in [-0.4, -0.2) is 77.6 Å². The van der Waals surface area contributed by atoms with Gasteiger partial charge in [0.1, 0.15) is 0 Å². The number of aryl methyl sites for hydroxylation is 1. The molecule has 34 heavy (non-hydrogen) atoms. The molecule has 2 aliphatic heterocycles. The first kappa shape index (κ1) is 26.2. The van der Waals surface area contributed by atoms with Crippen LogP contribution in [0, 0.1) is 6.92 Å². The van der Waals surface area contributed by atoms with E-state index < -0.39 is 25.4 Å². The standard InChI is InChI=1S/C16H23BN2O4.C7H10BNO2/c1-15(2)16(3,4)23-17(22-15)13-9-12(10-18-11-13)14(20)19-5-7-21-8-6-19;1-5-2-3-6(9)4-7(5)8(10)11/h9-11H,5-8H2,1-4H3;2-4,10-11H,9H2,1H3. The van der Waals surface area contributed by atoms with Crippen LogP contribution >= 0.6 is 0 Å². The van der Waals surface area contributed by atoms with Crippen LogP contribution in [0.4, 0.5) is 5.69 Å². The predicted molar refractivity (Wildman–Crippen MR) is 132 cm³/mol. The Balaban J connectivity index is 0.000000248. The molecule has 182 valence electrons. The molecule has 2 aromatic rings. The summed E-state index contributed by atoms with van der Waals surface area (Å²) in [7, 11) is -1.94. The number of nitrogens with zero attached hydrogens (tertiary/aromatic N) is 2. The number of morpholine rings is 1. The van der Waals surface area contributed by atoms with Crippen LogP contribution in [0.5, 0.6) is 0 Å². The Morgan fingerprint density at radius 3 is 2.26 bits per heavy atom. The average molecular weight is 469 g/mol. The van der Waals surface area contributed by atoms with Gasteiger partial charge in [-0.2, -0.15) is 0 Å². The summed E-state index contributed by atoms with van der Waals surface area (Å²) in [5.74, 6) is -0.0285. The molecule has 4 N–H and O–H groups in total. The van der Waals surface area contributed by atoms with Crippen molar-refractivity contribution in [3.05, 3.63) is 47.8 Å². The topological polar surface area (TPSA) is 127 Å². The zero-order valence-electron chi connectivity index (χ0n) is 20.4. The van der Waals surface area contributed by atoms with Crippen LogP contribution in [0.2, 0.25) is 0 Å². The highest BCUT2D eigenvalue weighted by atomic mass is 16.7. The summed E-state index contributed by atoms with van der Waals surface area (Å²) in [6.45, 7) is 12.2. The molecule has 3 heterocycles. The SMILES string of the molecule is CC1(C)OB(c2cncc(C(=O)N3CCOCC3)c2)OC1(C)C.Cc1ccc(N)cc1B(O)O. The fourth-order valence-corrected chi connectivity index (χ4v) is 3.57. The van der Waals surface area contributed by atoms with E-state index in [0.717, 1.165) is 11.0 Å². The molecule has 9 nitrogen and oxygen atoms in total. The van der Waals surface area contributed by atoms with Crippen LogP contribution in [0.25, 0.3) is 0 Å². The Morgan fingerprint density at radius 2 is 1.71 bits per heavy atom. The number of hydrogen-bond donors (Lipinski definition) is 3. The molecule has 1 aromatic heterocycles. The highest BCUT2D eigenvalue weighted by molar-refractivity contribution is 6.62. The van der Waals surface area contributed by atoms with E-state index in [2.05, 4.69) is 4.98 Å². The molecule has 0 radical (unpaired) electrons. The molecular formula is C23H33B2N3O6. The van der Waals surface area contributed by atoms with Gasteiger partial charge in [-0.15, -0.1) is 0 Å². The van der Waals surface area contributed by atoms with Gasteiger partial charge in [0.15, 0.2) is 0 Å². The lowest BCUT2D eigenvalue weighted by atomic mass is 9.77. The van der Waals surface area contributed by atoms with Crippen molar-refractivity contribution in [1.82, 2.24) is 9.88 Å². The average Bonchev–Trinajstić information content (AvgIpc) is 3.03. The van der Waals surface area contributed by atoms with Gasteiger partial charge in [-0.1, -0.05) is 11.6 Å². The summed E-state index contributed by atoms with van der Waals surface area (Å²) >= 11 is 0. The predicted octanol–water partition coefficient (Wildman–Crippen LogP) is 0.110. The smallest absolute Gasteiger partial charge is 0.423 e. The number of amides is 1. The third kappa shape index (κ3) is 5.97. The van der Waals surface area contributed by atoms with Crippen molar-refractivity contribution in [2.24, 2.45) is 0 Å². The minimum atomic E-state index is -1.43. The number of hydrogen-bond acceptors (Lipinski definition) is 8. The van der Waals surface area contributed by atoms with Crippen LogP contribution in [0.1, 0.15) is 43.6 Å². The summed E-state index contributed by atoms with van der Waals surface area (Å²) in [5, 5.41) is 17.7. The fourth-order valence-electron chi connectivity index (χ4n) is 3.57. The quantitative estimate of drug-likeness (QED) is 0.427. The van der Waals surface area contributed by atoms with E-state index in [0.29, 0.717) is 43.0 Å². The lowest BCUT2D eigenvalue weighted by Crippen LogP contribution is -2.41. The number of rotatable bonds is 3. The Kier molecular flexibility index (Phi) is 8.05. The van der Waals surface area contributed by atoms with Gasteiger partial charge in [0.05, 0.1) is 30.0 Å². The lowest BCUT2D eigenvalue weighted by Gasteiger charge is -2.32. The molecule has 2 aliphatic rings. The fraction of sp³-hybridized carbons (Fsp3) is 0.478. The van der Waals surface area contributed by atoms with Gasteiger partial charge in [0, 0.05) is 36.6 Å². The number of carbonyl (C=O) groups is 1. The maximum atomic E-state index is 12.6. The second-order valence-electron chi connectivity index (χ2n) is 9.49. The normalized spacial score (nSPS) is 18.8. The molecule has 1 aromatic carbocycles. The van der Waals surface area contributed by atoms with Crippen molar-refractivity contribution in [2.75, 3.05) is 32.0 Å². The van der Waals surface area contributed by atoms with E-state index in [1.807, 2.05) is 33.8 Å². The number of ether oxygens (including phenoxy) is 1. The largest absolute Gasteiger partial charge is 0.496 e. The molecular weight excluding hydrogens is 436 g/mol. The van der Waals surface area contributed by atoms with E-state index >= 15 is 0 Å². The summed E-state index contributed by atoms with van der Waals surface area (Å²) in [6.07, 6.45) is 3.28. The van der Waals surface area contributed by atoms with Crippen molar-refractivity contribution in [2.45, 2.75) is 45.8 Å². The Hall–Kier alpha value is -2.43. The van der Waals surface area contributed by atoms with E-state index in [4.69, 9.17) is 29.8 Å². The van der Waals surface area contributed by atoms with Gasteiger partial charge < -0.3 is 34.7 Å². The molecule has 2 saturated heterocycles. The Bertz CT molecular complexity index is 996. The van der Waals surface area contributed by atoms with E-state index in [9.17, 15) is 4.79 Å². The first-order chi connectivity index (χ1) is 15.9. The third-order valence-corrected chi connectivity index (χ3v) is 6.41. The van der Waals surface area contributed by atoms with Gasteiger partial charge in [-0.3, -0.25) is 9.78 Å². The van der Waals surface area contributed by atoms with Gasteiger partial charge in [0.25, 0.3) is 5.91 Å². The van der Waals surface area contributed by atoms with Crippen LogP contribution < -0.4 is 16.7 Å². The van der Waals surface area contributed by atoms with Crippen LogP contribution in [0.3, 0.4) is 0 Å². The van der Waals surface area contributed by atoms with Gasteiger partial charge in [-0.25, -0.2) is 0 Å². The minimum absolute atomic E-state index is 0.0285. The highest BCUT2D eigenvalue weighted by Crippen LogP contribution is 2.36. The number of nitrogen functional groups attached to an aromatic ring is 1. The molecule has 0 spiro atoms. The van der Waals surface area contributed by atoms with Crippen molar-refractivity contribution >= 4 is 36.8 Å². The zero-order chi connectivity index (χ0) is 25.1. The molecule has 11 heteroatoms. The first-order valence-electron chi connectivity index (χ1n) is 11.3. The van der Waals surface area contributed by atoms with E-state index in [1.165, 1.54) is 0 Å². The third-order valence-electron chi connectivity index (χ3n) is 6.41. The van der Waals surface area contributed by atoms with Crippen molar-refractivity contribution in [3.8, 4) is 0 Å². The van der Waals surface area contributed by atoms with Crippen molar-refractivity contribution in [3.63, 3.8) is 0 Å². The molecule has 0 unspecified atom stereocenters. The highest BCUT2D eigenvalue weighted by Gasteiger charge is 2.51. The molecule has 0 aliphatic carbocycles. The number of pyridine rings is 1. The summed E-state index contributed by atoms with van der Waals surface area (Å²) in [5.41, 5.74) is 7.77. The molecule has 0 atom stereocenters. The zero-order valence-corrected chi connectivity index (χ0v) is 20.4. The Morgan fingerprint density at radius 1 is 1.09 bits per heavy atom. The molecule has 1 amide bonds. The minimum Gasteiger partial charge on any atom is -0.423 e. The lowest BCUT2D eigenvalue weighted by molar-refractivity contribution is 0.00578. The second-order valence-corrected chi connectivity index (χ2v) is 9.49. The second kappa shape index (κ2) is 10.5. The number of aromatic nitrogens is 1. The summed E-state index contributed by atoms with van der Waals surface area (Å²) < 4.78 is 17.3. The molecule has 0 saturated carbocycles. The maximum Gasteiger partial charge on any atom is 0.496 e. The number of anilines is 1. The van der Waals surface area contributed by atoms with Crippen molar-refractivity contribution in [1.29, 1.82) is 0 Å². The number of nitrogens with two attached hydrogens (primary N) is 1. The van der Waals surface area contributed by atoms with Gasteiger partial charge in [-0.05, 0) is 58.3 Å². The maximum absolute atomic E-state index is 12.6. The van der Waals surface area contributed by atoms with E-state index in [-0.39, 0.29) is 5.91 Å². The van der Waals surface area contributed by atoms with Crippen LogP contribution in [0.15, 0.2) is 36.7 Å². The number of benzene rings is 1. The van der Waals surface area contributed by atoms with E-state index in [1.54, 1.807) is 42.4 Å².